The van der Waals surface area contributed by atoms with E-state index in [4.69, 9.17) is 19.9 Å². The normalized spacial score (nSPS) is 36.2. The van der Waals surface area contributed by atoms with E-state index in [1.54, 1.807) is 0 Å². The molecule has 3 saturated heterocycles. The standard InChI is InChI=1S/C26H38N2O6/c1-16(5-8-20-13-26(15-32-26)14-21(34-20)12-24(27)30)6-9-23-17(2)11-22(19(4)33-23)28-25(31)10-7-18(3)29/h5-8,10,17,19-23H,9,11-15H2,1-4H3,(H2,27,30)(H,28,31)/t17-,19+,20+,21+,22+,23-,26+/m0/s1. The van der Waals surface area contributed by atoms with Gasteiger partial charge in [-0.3, -0.25) is 14.4 Å². The molecule has 8 heteroatoms. The summed E-state index contributed by atoms with van der Waals surface area (Å²) in [6, 6.07) is -0.0888. The van der Waals surface area contributed by atoms with E-state index >= 15 is 0 Å². The van der Waals surface area contributed by atoms with Gasteiger partial charge in [0.2, 0.25) is 11.8 Å². The number of nitrogens with two attached hydrogens (primary N) is 1. The monoisotopic (exact) mass is 474 g/mol. The first kappa shape index (κ1) is 26.3. The summed E-state index contributed by atoms with van der Waals surface area (Å²) in [5, 5.41) is 2.94. The third kappa shape index (κ3) is 7.89. The van der Waals surface area contributed by atoms with Crippen LogP contribution in [0.25, 0.3) is 0 Å². The molecular formula is C26H38N2O6. The zero-order valence-corrected chi connectivity index (χ0v) is 20.6. The number of primary amides is 1. The molecule has 3 fully saturated rings. The zero-order valence-electron chi connectivity index (χ0n) is 20.6. The van der Waals surface area contributed by atoms with Crippen LogP contribution in [0, 0.1) is 5.92 Å². The summed E-state index contributed by atoms with van der Waals surface area (Å²) < 4.78 is 17.9. The molecule has 3 heterocycles. The average Bonchev–Trinajstić information content (AvgIpc) is 3.49. The van der Waals surface area contributed by atoms with Crippen molar-refractivity contribution in [1.82, 2.24) is 5.32 Å². The van der Waals surface area contributed by atoms with Gasteiger partial charge < -0.3 is 25.3 Å². The van der Waals surface area contributed by atoms with Gasteiger partial charge >= 0.3 is 0 Å². The Morgan fingerprint density at radius 3 is 2.47 bits per heavy atom. The van der Waals surface area contributed by atoms with E-state index in [-0.39, 0.29) is 66.0 Å². The molecule has 3 rings (SSSR count). The summed E-state index contributed by atoms with van der Waals surface area (Å²) in [6.45, 7) is 8.27. The Bertz CT molecular complexity index is 859. The van der Waals surface area contributed by atoms with E-state index < -0.39 is 0 Å². The minimum absolute atomic E-state index is 0.0632. The summed E-state index contributed by atoms with van der Waals surface area (Å²) >= 11 is 0. The van der Waals surface area contributed by atoms with Gasteiger partial charge in [-0.1, -0.05) is 30.7 Å². The Balaban J connectivity index is 1.49. The highest BCUT2D eigenvalue weighted by Gasteiger charge is 2.51. The van der Waals surface area contributed by atoms with Gasteiger partial charge in [0.1, 0.15) is 0 Å². The molecule has 2 amide bonds. The number of carbonyl (C=O) groups excluding carboxylic acids is 3. The third-order valence-corrected chi connectivity index (χ3v) is 6.78. The molecule has 0 aromatic carbocycles. The number of carbonyl (C=O) groups is 3. The van der Waals surface area contributed by atoms with Gasteiger partial charge in [0.15, 0.2) is 5.78 Å². The van der Waals surface area contributed by atoms with Crippen molar-refractivity contribution in [3.8, 4) is 0 Å². The van der Waals surface area contributed by atoms with E-state index in [2.05, 4.69) is 24.4 Å². The zero-order chi connectivity index (χ0) is 24.9. The number of hydrogen-bond donors (Lipinski definition) is 2. The number of ketones is 1. The predicted octanol–water partition coefficient (Wildman–Crippen LogP) is 2.51. The Kier molecular flexibility index (Phi) is 8.84. The van der Waals surface area contributed by atoms with E-state index in [1.807, 2.05) is 19.9 Å². The second kappa shape index (κ2) is 11.4. The van der Waals surface area contributed by atoms with Gasteiger partial charge in [0, 0.05) is 18.9 Å². The Morgan fingerprint density at radius 1 is 1.09 bits per heavy atom. The van der Waals surface area contributed by atoms with Gasteiger partial charge in [-0.05, 0) is 45.6 Å². The van der Waals surface area contributed by atoms with Gasteiger partial charge in [0.05, 0.1) is 49.1 Å². The molecule has 0 aromatic heterocycles. The highest BCUT2D eigenvalue weighted by atomic mass is 16.6. The smallest absolute Gasteiger partial charge is 0.244 e. The number of hydrogen-bond acceptors (Lipinski definition) is 6. The summed E-state index contributed by atoms with van der Waals surface area (Å²) in [5.41, 5.74) is 6.31. The lowest BCUT2D eigenvalue weighted by molar-refractivity contribution is -0.125. The largest absolute Gasteiger partial charge is 0.373 e. The van der Waals surface area contributed by atoms with Crippen LogP contribution in [-0.4, -0.2) is 60.3 Å². The molecule has 3 aliphatic rings. The minimum atomic E-state index is -0.355. The topological polar surface area (TPSA) is 120 Å². The van der Waals surface area contributed by atoms with Gasteiger partial charge in [-0.25, -0.2) is 0 Å². The number of rotatable bonds is 9. The van der Waals surface area contributed by atoms with Crippen molar-refractivity contribution in [3.63, 3.8) is 0 Å². The molecule has 0 radical (unpaired) electrons. The van der Waals surface area contributed by atoms with Crippen LogP contribution in [0.2, 0.25) is 0 Å². The number of amides is 2. The number of ether oxygens (including phenoxy) is 3. The van der Waals surface area contributed by atoms with Gasteiger partial charge in [-0.15, -0.1) is 0 Å². The van der Waals surface area contributed by atoms with Crippen LogP contribution in [0.15, 0.2) is 36.0 Å². The first-order chi connectivity index (χ1) is 16.0. The Morgan fingerprint density at radius 2 is 1.82 bits per heavy atom. The Labute approximate surface area is 201 Å². The SMILES string of the molecule is CC(=O)C=CC(=O)N[C@@H]1C[C@H](C)[C@H](CC=C(C)C=C[C@@H]2C[C@]3(CO3)C[C@@H](CC(N)=O)O2)O[C@@H]1C. The van der Waals surface area contributed by atoms with Crippen molar-refractivity contribution in [2.24, 2.45) is 11.7 Å². The molecule has 0 aromatic rings. The van der Waals surface area contributed by atoms with Crippen LogP contribution in [0.5, 0.6) is 0 Å². The van der Waals surface area contributed by atoms with Crippen molar-refractivity contribution >= 4 is 17.6 Å². The minimum Gasteiger partial charge on any atom is -0.373 e. The lowest BCUT2D eigenvalue weighted by atomic mass is 9.88. The number of allylic oxidation sites excluding steroid dienone is 3. The van der Waals surface area contributed by atoms with Gasteiger partial charge in [0.25, 0.3) is 0 Å². The van der Waals surface area contributed by atoms with Crippen LogP contribution >= 0.6 is 0 Å². The predicted molar refractivity (Wildman–Crippen MR) is 128 cm³/mol. The van der Waals surface area contributed by atoms with Crippen LogP contribution < -0.4 is 11.1 Å². The molecular weight excluding hydrogens is 436 g/mol. The van der Waals surface area contributed by atoms with Crippen LogP contribution in [-0.2, 0) is 28.6 Å². The number of nitrogens with one attached hydrogen (secondary N) is 1. The molecule has 3 N–H and O–H groups in total. The van der Waals surface area contributed by atoms with Crippen molar-refractivity contribution in [1.29, 1.82) is 0 Å². The van der Waals surface area contributed by atoms with Crippen LogP contribution in [0.1, 0.15) is 59.8 Å². The van der Waals surface area contributed by atoms with Crippen LogP contribution in [0.3, 0.4) is 0 Å². The van der Waals surface area contributed by atoms with Crippen LogP contribution in [0.4, 0.5) is 0 Å². The van der Waals surface area contributed by atoms with Gasteiger partial charge in [-0.2, -0.15) is 0 Å². The highest BCUT2D eigenvalue weighted by molar-refractivity contribution is 5.96. The maximum absolute atomic E-state index is 12.0. The lowest BCUT2D eigenvalue weighted by Gasteiger charge is -2.39. The first-order valence-corrected chi connectivity index (χ1v) is 12.1. The maximum Gasteiger partial charge on any atom is 0.244 e. The highest BCUT2D eigenvalue weighted by Crippen LogP contribution is 2.43. The van der Waals surface area contributed by atoms with Crippen molar-refractivity contribution in [3.05, 3.63) is 36.0 Å². The molecule has 0 unspecified atom stereocenters. The van der Waals surface area contributed by atoms with Crippen molar-refractivity contribution in [2.45, 2.75) is 95.9 Å². The van der Waals surface area contributed by atoms with E-state index in [0.717, 1.165) is 31.3 Å². The maximum atomic E-state index is 12.0. The third-order valence-electron chi connectivity index (χ3n) is 6.78. The second-order valence-electron chi connectivity index (χ2n) is 10.0. The molecule has 0 aliphatic carbocycles. The van der Waals surface area contributed by atoms with Crippen molar-refractivity contribution < 1.29 is 28.6 Å². The Hall–Kier alpha value is -2.29. The summed E-state index contributed by atoms with van der Waals surface area (Å²) in [5.74, 6) is -0.515. The summed E-state index contributed by atoms with van der Waals surface area (Å²) in [4.78, 5) is 34.3. The second-order valence-corrected chi connectivity index (χ2v) is 10.0. The average molecular weight is 475 g/mol. The fourth-order valence-electron chi connectivity index (χ4n) is 4.77. The summed E-state index contributed by atoms with van der Waals surface area (Å²) in [6.07, 6.45) is 11.7. The van der Waals surface area contributed by atoms with Crippen molar-refractivity contribution in [2.75, 3.05) is 6.61 Å². The molecule has 0 saturated carbocycles. The molecule has 0 bridgehead atoms. The van der Waals surface area contributed by atoms with E-state index in [1.165, 1.54) is 19.1 Å². The molecule has 3 aliphatic heterocycles. The molecule has 1 spiro atoms. The fourth-order valence-corrected chi connectivity index (χ4v) is 4.77. The number of epoxide rings is 1. The molecule has 34 heavy (non-hydrogen) atoms. The van der Waals surface area contributed by atoms with E-state index in [0.29, 0.717) is 6.61 Å². The quantitative estimate of drug-likeness (QED) is 0.301. The summed E-state index contributed by atoms with van der Waals surface area (Å²) in [7, 11) is 0. The molecule has 188 valence electrons. The fraction of sp³-hybridized carbons (Fsp3) is 0.654. The van der Waals surface area contributed by atoms with E-state index in [9.17, 15) is 14.4 Å². The first-order valence-electron chi connectivity index (χ1n) is 12.1. The lowest BCUT2D eigenvalue weighted by Crippen LogP contribution is -2.50. The molecule has 7 atom stereocenters. The molecule has 8 nitrogen and oxygen atoms in total.